The summed E-state index contributed by atoms with van der Waals surface area (Å²) in [5.41, 5.74) is 1.03. The predicted molar refractivity (Wildman–Crippen MR) is 137 cm³/mol. The summed E-state index contributed by atoms with van der Waals surface area (Å²) in [5.74, 6) is -1.35. The van der Waals surface area contributed by atoms with E-state index in [0.717, 1.165) is 17.3 Å². The Bertz CT molecular complexity index is 1270. The molecule has 0 aliphatic carbocycles. The minimum atomic E-state index is -0.802. The molecule has 1 atom stereocenters. The molecule has 0 bridgehead atoms. The number of carbonyl (C=O) groups is 1. The van der Waals surface area contributed by atoms with Crippen molar-refractivity contribution in [2.24, 2.45) is 11.3 Å². The van der Waals surface area contributed by atoms with E-state index in [9.17, 15) is 23.1 Å². The number of aromatic hydroxyl groups is 1. The molecule has 37 heavy (non-hydrogen) atoms. The summed E-state index contributed by atoms with van der Waals surface area (Å²) in [7, 11) is 0. The Morgan fingerprint density at radius 2 is 1.57 bits per heavy atom. The van der Waals surface area contributed by atoms with E-state index < -0.39 is 17.0 Å². The number of anilines is 2. The first-order chi connectivity index (χ1) is 17.6. The number of nitrogens with one attached hydrogen (secondary N) is 1. The van der Waals surface area contributed by atoms with E-state index in [4.69, 9.17) is 0 Å². The molecule has 1 unspecified atom stereocenters. The van der Waals surface area contributed by atoms with Gasteiger partial charge < -0.3 is 20.2 Å². The molecular weight excluding hydrogens is 479 g/mol. The molecule has 194 valence electrons. The van der Waals surface area contributed by atoms with Crippen LogP contribution in [0.2, 0.25) is 0 Å². The molecule has 3 aromatic carbocycles. The maximum atomic E-state index is 13.8. The number of amides is 1. The van der Waals surface area contributed by atoms with Crippen molar-refractivity contribution in [2.45, 2.75) is 19.3 Å². The van der Waals surface area contributed by atoms with E-state index in [0.29, 0.717) is 38.4 Å². The lowest BCUT2D eigenvalue weighted by atomic mass is 9.71. The molecule has 8 heteroatoms. The molecule has 0 saturated carbocycles. The van der Waals surface area contributed by atoms with Crippen molar-refractivity contribution >= 4 is 17.3 Å². The zero-order valence-corrected chi connectivity index (χ0v) is 20.8. The van der Waals surface area contributed by atoms with Gasteiger partial charge in [0.25, 0.3) is 0 Å². The smallest absolute Gasteiger partial charge is 0.232 e. The molecule has 2 N–H and O–H groups in total. The van der Waals surface area contributed by atoms with Gasteiger partial charge in [-0.05, 0) is 67.9 Å². The lowest BCUT2D eigenvalue weighted by Crippen LogP contribution is -2.61. The zero-order valence-electron chi connectivity index (χ0n) is 20.8. The highest BCUT2D eigenvalue weighted by Gasteiger charge is 2.56. The van der Waals surface area contributed by atoms with Crippen molar-refractivity contribution < 1.29 is 23.1 Å². The number of phenolic OH excluding ortho intramolecular Hbond substituents is 1. The highest BCUT2D eigenvalue weighted by Crippen LogP contribution is 2.47. The fourth-order valence-electron chi connectivity index (χ4n) is 5.65. The van der Waals surface area contributed by atoms with E-state index in [2.05, 4.69) is 5.32 Å². The van der Waals surface area contributed by atoms with Crippen molar-refractivity contribution in [3.8, 4) is 5.75 Å². The molecule has 2 aliphatic heterocycles. The summed E-state index contributed by atoms with van der Waals surface area (Å²) >= 11 is 0. The molecule has 1 amide bonds. The zero-order chi connectivity index (χ0) is 26.4. The van der Waals surface area contributed by atoms with Crippen molar-refractivity contribution in [1.29, 1.82) is 0 Å². The van der Waals surface area contributed by atoms with E-state index >= 15 is 0 Å². The quantitative estimate of drug-likeness (QED) is 0.482. The van der Waals surface area contributed by atoms with Gasteiger partial charge in [0.2, 0.25) is 5.91 Å². The second-order valence-corrected chi connectivity index (χ2v) is 10.8. The van der Waals surface area contributed by atoms with Crippen LogP contribution in [-0.4, -0.2) is 48.6 Å². The van der Waals surface area contributed by atoms with Gasteiger partial charge in [0.1, 0.15) is 23.2 Å². The topological polar surface area (TPSA) is 55.8 Å². The summed E-state index contributed by atoms with van der Waals surface area (Å²) in [4.78, 5) is 17.6. The first kappa shape index (κ1) is 25.0. The molecule has 2 fully saturated rings. The fraction of sp³-hybridized carbons (Fsp3) is 0.345. The number of benzene rings is 3. The van der Waals surface area contributed by atoms with Crippen molar-refractivity contribution in [1.82, 2.24) is 4.90 Å². The molecule has 2 heterocycles. The van der Waals surface area contributed by atoms with E-state index in [1.165, 1.54) is 24.3 Å². The standard InChI is InChI=1S/C29H30F3N3O2/c1-28(2,19-3-9-26(36)10-4-19)27(37)34-15-20(14-33-24-7-5-21(30)6-8-24)29(16-34)17-35(18-29)25-12-22(31)11-23(32)13-25/h3-13,20,33,36H,14-18H2,1-2H3. The van der Waals surface area contributed by atoms with Gasteiger partial charge >= 0.3 is 0 Å². The Morgan fingerprint density at radius 3 is 2.19 bits per heavy atom. The number of hydrogen-bond acceptors (Lipinski definition) is 4. The van der Waals surface area contributed by atoms with Gasteiger partial charge in [-0.15, -0.1) is 0 Å². The molecular formula is C29H30F3N3O2. The molecule has 3 aromatic rings. The lowest BCUT2D eigenvalue weighted by Gasteiger charge is -2.52. The van der Waals surface area contributed by atoms with Gasteiger partial charge in [-0.25, -0.2) is 13.2 Å². The summed E-state index contributed by atoms with van der Waals surface area (Å²) < 4.78 is 41.0. The maximum Gasteiger partial charge on any atom is 0.232 e. The van der Waals surface area contributed by atoms with Crippen LogP contribution in [0.1, 0.15) is 19.4 Å². The number of rotatable bonds is 6. The average molecular weight is 510 g/mol. The van der Waals surface area contributed by atoms with E-state index in [1.54, 1.807) is 36.4 Å². The van der Waals surface area contributed by atoms with Crippen LogP contribution >= 0.6 is 0 Å². The average Bonchev–Trinajstić information content (AvgIpc) is 3.22. The summed E-state index contributed by atoms with van der Waals surface area (Å²) in [5, 5.41) is 13.0. The van der Waals surface area contributed by atoms with Gasteiger partial charge in [-0.2, -0.15) is 0 Å². The normalized spacial score (nSPS) is 18.7. The number of halogens is 3. The van der Waals surface area contributed by atoms with Crippen LogP contribution in [0.4, 0.5) is 24.5 Å². The second kappa shape index (κ2) is 9.32. The Hall–Kier alpha value is -3.68. The SMILES string of the molecule is CC(C)(C(=O)N1CC(CNc2ccc(F)cc2)C2(C1)CN(c1cc(F)cc(F)c1)C2)c1ccc(O)cc1. The van der Waals surface area contributed by atoms with E-state index in [1.807, 2.05) is 23.6 Å². The second-order valence-electron chi connectivity index (χ2n) is 10.8. The minimum Gasteiger partial charge on any atom is -0.508 e. The first-order valence-electron chi connectivity index (χ1n) is 12.4. The van der Waals surface area contributed by atoms with Crippen LogP contribution in [0.25, 0.3) is 0 Å². The third-order valence-corrected chi connectivity index (χ3v) is 7.84. The Kier molecular flexibility index (Phi) is 6.30. The van der Waals surface area contributed by atoms with Gasteiger partial charge in [0.15, 0.2) is 0 Å². The Balaban J connectivity index is 1.36. The lowest BCUT2D eigenvalue weighted by molar-refractivity contribution is -0.135. The predicted octanol–water partition coefficient (Wildman–Crippen LogP) is 5.16. The molecule has 1 spiro atoms. The van der Waals surface area contributed by atoms with Crippen LogP contribution in [0.15, 0.2) is 66.7 Å². The molecule has 0 radical (unpaired) electrons. The van der Waals surface area contributed by atoms with Crippen molar-refractivity contribution in [3.63, 3.8) is 0 Å². The van der Waals surface area contributed by atoms with Crippen molar-refractivity contribution in [3.05, 3.63) is 89.7 Å². The molecule has 5 rings (SSSR count). The van der Waals surface area contributed by atoms with Crippen LogP contribution in [0.5, 0.6) is 5.75 Å². The van der Waals surface area contributed by atoms with E-state index in [-0.39, 0.29) is 28.8 Å². The monoisotopic (exact) mass is 509 g/mol. The highest BCUT2D eigenvalue weighted by molar-refractivity contribution is 5.88. The summed E-state index contributed by atoms with van der Waals surface area (Å²) in [6.07, 6.45) is 0. The number of likely N-dealkylation sites (tertiary alicyclic amines) is 1. The molecule has 2 saturated heterocycles. The third kappa shape index (κ3) is 4.84. The highest BCUT2D eigenvalue weighted by atomic mass is 19.1. The Morgan fingerprint density at radius 1 is 0.946 bits per heavy atom. The van der Waals surface area contributed by atoms with Crippen LogP contribution < -0.4 is 10.2 Å². The third-order valence-electron chi connectivity index (χ3n) is 7.84. The van der Waals surface area contributed by atoms with Gasteiger partial charge in [0.05, 0.1) is 5.41 Å². The minimum absolute atomic E-state index is 0.0166. The first-order valence-corrected chi connectivity index (χ1v) is 12.4. The maximum absolute atomic E-state index is 13.8. The van der Waals surface area contributed by atoms with Crippen molar-refractivity contribution in [2.75, 3.05) is 42.9 Å². The largest absolute Gasteiger partial charge is 0.508 e. The molecule has 5 nitrogen and oxygen atoms in total. The molecule has 0 aromatic heterocycles. The Labute approximate surface area is 214 Å². The van der Waals surface area contributed by atoms with Crippen LogP contribution in [-0.2, 0) is 10.2 Å². The number of phenols is 1. The van der Waals surface area contributed by atoms with Gasteiger partial charge in [-0.3, -0.25) is 4.79 Å². The summed E-state index contributed by atoms with van der Waals surface area (Å²) in [6.45, 7) is 6.50. The summed E-state index contributed by atoms with van der Waals surface area (Å²) in [6, 6.07) is 16.3. The van der Waals surface area contributed by atoms with Gasteiger partial charge in [-0.1, -0.05) is 12.1 Å². The molecule has 2 aliphatic rings. The van der Waals surface area contributed by atoms with Crippen LogP contribution in [0, 0.1) is 28.8 Å². The number of nitrogens with zero attached hydrogens (tertiary/aromatic N) is 2. The van der Waals surface area contributed by atoms with Crippen LogP contribution in [0.3, 0.4) is 0 Å². The number of hydrogen-bond donors (Lipinski definition) is 2. The van der Waals surface area contributed by atoms with Gasteiger partial charge in [0, 0.05) is 61.5 Å². The number of carbonyl (C=O) groups excluding carboxylic acids is 1. The fourth-order valence-corrected chi connectivity index (χ4v) is 5.65.